The van der Waals surface area contributed by atoms with Gasteiger partial charge in [0.15, 0.2) is 11.6 Å². The Morgan fingerprint density at radius 1 is 1.21 bits per heavy atom. The molecule has 0 aliphatic heterocycles. The van der Waals surface area contributed by atoms with Gasteiger partial charge in [0.05, 0.1) is 6.61 Å². The van der Waals surface area contributed by atoms with Crippen molar-refractivity contribution in [3.63, 3.8) is 0 Å². The molecule has 0 radical (unpaired) electrons. The van der Waals surface area contributed by atoms with Crippen molar-refractivity contribution in [2.24, 2.45) is 5.92 Å². The highest BCUT2D eigenvalue weighted by Gasteiger charge is 2.28. The number of hydrogen-bond acceptors (Lipinski definition) is 5. The van der Waals surface area contributed by atoms with Gasteiger partial charge in [-0.2, -0.15) is 4.39 Å². The number of β-amino-alcohol motifs (C(OH)–C–C–N with tert-alkyl or cyclic N) is 1. The Bertz CT molecular complexity index is 997. The highest BCUT2D eigenvalue weighted by Crippen LogP contribution is 2.32. The van der Waals surface area contributed by atoms with Crippen molar-refractivity contribution in [2.75, 3.05) is 19.8 Å². The number of rotatable bonds is 11. The molecule has 7 heteroatoms. The molecule has 0 saturated heterocycles. The summed E-state index contributed by atoms with van der Waals surface area (Å²) in [6.45, 7) is 6.05. The van der Waals surface area contributed by atoms with Crippen molar-refractivity contribution < 1.29 is 28.2 Å². The van der Waals surface area contributed by atoms with E-state index < -0.39 is 23.7 Å². The number of aliphatic hydroxyl groups is 1. The number of hydrogen-bond donors (Lipinski definition) is 2. The van der Waals surface area contributed by atoms with Gasteiger partial charge in [-0.25, -0.2) is 9.18 Å². The number of esters is 1. The standard InChI is InChI=1S/C27H33F2NO4/c1-4-33-24(32)12-10-19-9-11-23(28)25(29)26(19)34-17-22(31)16-30-27(2,3)15-18-13-20-7-5-6-8-21(20)14-18/h5-12,18,22,30-31H,4,13-17H2,1-3H3/t22-/m1/s1. The lowest BCUT2D eigenvalue weighted by Crippen LogP contribution is -2.46. The van der Waals surface area contributed by atoms with Crippen LogP contribution in [0, 0.1) is 17.6 Å². The molecule has 0 bridgehead atoms. The largest absolute Gasteiger partial charge is 0.487 e. The van der Waals surface area contributed by atoms with E-state index in [9.17, 15) is 18.7 Å². The van der Waals surface area contributed by atoms with Crippen molar-refractivity contribution in [3.8, 4) is 5.75 Å². The van der Waals surface area contributed by atoms with E-state index in [0.29, 0.717) is 5.92 Å². The van der Waals surface area contributed by atoms with Crippen LogP contribution in [0.15, 0.2) is 42.5 Å². The third-order valence-electron chi connectivity index (χ3n) is 5.94. The molecule has 2 aromatic carbocycles. The second-order valence-electron chi connectivity index (χ2n) is 9.34. The zero-order valence-corrected chi connectivity index (χ0v) is 19.9. The number of carbonyl (C=O) groups is 1. The van der Waals surface area contributed by atoms with Crippen molar-refractivity contribution in [1.29, 1.82) is 0 Å². The molecule has 0 fully saturated rings. The van der Waals surface area contributed by atoms with E-state index in [1.165, 1.54) is 23.3 Å². The minimum Gasteiger partial charge on any atom is -0.487 e. The Hall–Kier alpha value is -2.77. The van der Waals surface area contributed by atoms with Crippen molar-refractivity contribution in [1.82, 2.24) is 5.32 Å². The number of ether oxygens (including phenoxy) is 2. The maximum atomic E-state index is 14.4. The van der Waals surface area contributed by atoms with E-state index in [4.69, 9.17) is 9.47 Å². The molecule has 184 valence electrons. The molecule has 0 unspecified atom stereocenters. The van der Waals surface area contributed by atoms with E-state index in [1.807, 2.05) is 0 Å². The second kappa shape index (κ2) is 11.6. The number of carbonyl (C=O) groups excluding carboxylic acids is 1. The van der Waals surface area contributed by atoms with Crippen LogP contribution in [0.4, 0.5) is 8.78 Å². The molecule has 5 nitrogen and oxygen atoms in total. The summed E-state index contributed by atoms with van der Waals surface area (Å²) in [4.78, 5) is 11.5. The van der Waals surface area contributed by atoms with E-state index in [0.717, 1.165) is 31.4 Å². The summed E-state index contributed by atoms with van der Waals surface area (Å²) >= 11 is 0. The average molecular weight is 474 g/mol. The van der Waals surface area contributed by atoms with Crippen LogP contribution < -0.4 is 10.1 Å². The maximum Gasteiger partial charge on any atom is 0.330 e. The molecule has 0 amide bonds. The van der Waals surface area contributed by atoms with Gasteiger partial charge in [0.1, 0.15) is 12.7 Å². The monoisotopic (exact) mass is 473 g/mol. The first kappa shape index (κ1) is 25.8. The molecular formula is C27H33F2NO4. The molecular weight excluding hydrogens is 440 g/mol. The summed E-state index contributed by atoms with van der Waals surface area (Å²) in [5.41, 5.74) is 2.77. The molecule has 1 atom stereocenters. The van der Waals surface area contributed by atoms with Gasteiger partial charge in [-0.1, -0.05) is 24.3 Å². The fourth-order valence-electron chi connectivity index (χ4n) is 4.39. The average Bonchev–Trinajstić information content (AvgIpc) is 3.19. The molecule has 2 aromatic rings. The number of aliphatic hydroxyl groups excluding tert-OH is 1. The van der Waals surface area contributed by atoms with Gasteiger partial charge in [0, 0.05) is 23.7 Å². The minimum absolute atomic E-state index is 0.174. The summed E-state index contributed by atoms with van der Waals surface area (Å²) < 4.78 is 38.3. The van der Waals surface area contributed by atoms with Crippen molar-refractivity contribution in [3.05, 3.63) is 70.8 Å². The first-order chi connectivity index (χ1) is 16.2. The molecule has 3 rings (SSSR count). The van der Waals surface area contributed by atoms with Crippen LogP contribution in [-0.4, -0.2) is 42.5 Å². The van der Waals surface area contributed by atoms with Gasteiger partial charge in [-0.15, -0.1) is 0 Å². The summed E-state index contributed by atoms with van der Waals surface area (Å²) in [5, 5.41) is 13.8. The molecule has 2 N–H and O–H groups in total. The lowest BCUT2D eigenvalue weighted by Gasteiger charge is -2.30. The molecule has 0 aromatic heterocycles. The van der Waals surface area contributed by atoms with Gasteiger partial charge in [0.2, 0.25) is 5.82 Å². The van der Waals surface area contributed by atoms with Crippen molar-refractivity contribution >= 4 is 12.0 Å². The smallest absolute Gasteiger partial charge is 0.330 e. The van der Waals surface area contributed by atoms with Gasteiger partial charge < -0.3 is 19.9 Å². The quantitative estimate of drug-likeness (QED) is 0.373. The van der Waals surface area contributed by atoms with Gasteiger partial charge in [-0.3, -0.25) is 0 Å². The maximum absolute atomic E-state index is 14.4. The summed E-state index contributed by atoms with van der Waals surface area (Å²) in [7, 11) is 0. The van der Waals surface area contributed by atoms with Crippen LogP contribution in [0.5, 0.6) is 5.75 Å². The number of benzene rings is 2. The lowest BCUT2D eigenvalue weighted by atomic mass is 9.88. The number of nitrogens with one attached hydrogen (secondary N) is 1. The van der Waals surface area contributed by atoms with Crippen LogP contribution >= 0.6 is 0 Å². The fraction of sp³-hybridized carbons (Fsp3) is 0.444. The van der Waals surface area contributed by atoms with Gasteiger partial charge in [-0.05, 0) is 75.3 Å². The van der Waals surface area contributed by atoms with E-state index in [-0.39, 0.29) is 36.6 Å². The highest BCUT2D eigenvalue weighted by atomic mass is 19.2. The van der Waals surface area contributed by atoms with Crippen LogP contribution in [0.1, 0.15) is 43.9 Å². The molecule has 1 aliphatic carbocycles. The lowest BCUT2D eigenvalue weighted by molar-refractivity contribution is -0.137. The molecule has 1 aliphatic rings. The van der Waals surface area contributed by atoms with E-state index >= 15 is 0 Å². The minimum atomic E-state index is -1.17. The zero-order valence-electron chi connectivity index (χ0n) is 19.9. The Labute approximate surface area is 199 Å². The van der Waals surface area contributed by atoms with E-state index in [1.54, 1.807) is 6.92 Å². The van der Waals surface area contributed by atoms with Crippen LogP contribution in [0.25, 0.3) is 6.08 Å². The predicted octanol–water partition coefficient (Wildman–Crippen LogP) is 4.45. The Morgan fingerprint density at radius 3 is 2.53 bits per heavy atom. The Kier molecular flexibility index (Phi) is 8.80. The molecule has 34 heavy (non-hydrogen) atoms. The van der Waals surface area contributed by atoms with Crippen LogP contribution in [0.2, 0.25) is 0 Å². The third-order valence-corrected chi connectivity index (χ3v) is 5.94. The second-order valence-corrected chi connectivity index (χ2v) is 9.34. The first-order valence-electron chi connectivity index (χ1n) is 11.6. The molecule has 0 spiro atoms. The summed E-state index contributed by atoms with van der Waals surface area (Å²) in [6, 6.07) is 10.8. The number of fused-ring (bicyclic) bond motifs is 1. The number of halogens is 2. The Morgan fingerprint density at radius 2 is 1.88 bits per heavy atom. The Balaban J connectivity index is 1.53. The first-order valence-corrected chi connectivity index (χ1v) is 11.6. The zero-order chi connectivity index (χ0) is 24.7. The summed E-state index contributed by atoms with van der Waals surface area (Å²) in [5.74, 6) is -2.68. The van der Waals surface area contributed by atoms with Crippen LogP contribution in [0.3, 0.4) is 0 Å². The third kappa shape index (κ3) is 7.11. The van der Waals surface area contributed by atoms with Crippen LogP contribution in [-0.2, 0) is 22.4 Å². The fourth-order valence-corrected chi connectivity index (χ4v) is 4.39. The summed E-state index contributed by atoms with van der Waals surface area (Å²) in [6.07, 6.45) is 4.51. The predicted molar refractivity (Wildman–Crippen MR) is 128 cm³/mol. The SMILES string of the molecule is CCOC(=O)C=Cc1ccc(F)c(F)c1OC[C@H](O)CNC(C)(C)CC1Cc2ccccc2C1. The topological polar surface area (TPSA) is 67.8 Å². The van der Waals surface area contributed by atoms with E-state index in [2.05, 4.69) is 43.4 Å². The highest BCUT2D eigenvalue weighted by molar-refractivity contribution is 5.87. The normalized spacial score (nSPS) is 14.9. The van der Waals surface area contributed by atoms with Crippen molar-refractivity contribution in [2.45, 2.75) is 51.7 Å². The molecule has 0 saturated carbocycles. The molecule has 0 heterocycles. The van der Waals surface area contributed by atoms with Gasteiger partial charge >= 0.3 is 5.97 Å². The van der Waals surface area contributed by atoms with Gasteiger partial charge in [0.25, 0.3) is 0 Å².